The molecule has 1 unspecified atom stereocenters. The number of para-hydroxylation sites is 1. The van der Waals surface area contributed by atoms with Crippen molar-refractivity contribution >= 4 is 28.6 Å². The molecule has 4 rings (SSSR count). The number of hydrogen-bond acceptors (Lipinski definition) is 2. The molecule has 1 aromatic heterocycles. The number of aliphatic hydroxyl groups is 1. The molecule has 4 aromatic rings. The zero-order valence-corrected chi connectivity index (χ0v) is 21.3. The minimum absolute atomic E-state index is 0.527. The van der Waals surface area contributed by atoms with E-state index in [0.717, 1.165) is 39.0 Å². The number of fused-ring (bicyclic) bond motifs is 1. The molecule has 0 amide bonds. The molecule has 2 nitrogen and oxygen atoms in total. The van der Waals surface area contributed by atoms with Crippen molar-refractivity contribution in [3.63, 3.8) is 0 Å². The third kappa shape index (κ3) is 4.54. The van der Waals surface area contributed by atoms with Crippen molar-refractivity contribution in [1.82, 2.24) is 0 Å². The van der Waals surface area contributed by atoms with E-state index in [1.807, 2.05) is 111 Å². The van der Waals surface area contributed by atoms with Gasteiger partial charge in [0.05, 0.1) is 0 Å². The number of halogens is 1. The topological polar surface area (TPSA) is 33.4 Å². The van der Waals surface area contributed by atoms with Crippen molar-refractivity contribution in [2.24, 2.45) is 0 Å². The normalized spacial score (nSPS) is 13.9. The SMILES string of the molecule is C=C/C=C\c1oc2c(-c3ccc(Cl)cc3C(O)(C(/C=C\C)=C/C=C)c3ccccc3)cccc2c1C. The monoisotopic (exact) mass is 492 g/mol. The summed E-state index contributed by atoms with van der Waals surface area (Å²) in [5, 5.41) is 14.1. The highest BCUT2D eigenvalue weighted by molar-refractivity contribution is 6.30. The highest BCUT2D eigenvalue weighted by Crippen LogP contribution is 2.45. The number of benzene rings is 3. The largest absolute Gasteiger partial charge is 0.456 e. The van der Waals surface area contributed by atoms with Crippen LogP contribution in [-0.4, -0.2) is 5.11 Å². The molecule has 36 heavy (non-hydrogen) atoms. The van der Waals surface area contributed by atoms with Crippen LogP contribution in [0.5, 0.6) is 0 Å². The predicted molar refractivity (Wildman–Crippen MR) is 153 cm³/mol. The van der Waals surface area contributed by atoms with Crippen LogP contribution in [0.1, 0.15) is 29.4 Å². The molecular weight excluding hydrogens is 464 g/mol. The molecule has 0 radical (unpaired) electrons. The van der Waals surface area contributed by atoms with Gasteiger partial charge in [0.1, 0.15) is 16.9 Å². The summed E-state index contributed by atoms with van der Waals surface area (Å²) in [6.45, 7) is 11.6. The van der Waals surface area contributed by atoms with E-state index in [2.05, 4.69) is 13.2 Å². The first-order valence-electron chi connectivity index (χ1n) is 11.8. The average Bonchev–Trinajstić information content (AvgIpc) is 3.23. The molecule has 3 aromatic carbocycles. The molecule has 0 aliphatic rings. The van der Waals surface area contributed by atoms with Crippen LogP contribution in [0.4, 0.5) is 0 Å². The molecule has 1 atom stereocenters. The predicted octanol–water partition coefficient (Wildman–Crippen LogP) is 9.19. The van der Waals surface area contributed by atoms with Gasteiger partial charge in [-0.1, -0.05) is 116 Å². The Kier molecular flexibility index (Phi) is 7.59. The van der Waals surface area contributed by atoms with E-state index >= 15 is 0 Å². The molecule has 1 N–H and O–H groups in total. The number of allylic oxidation sites excluding steroid dienone is 5. The van der Waals surface area contributed by atoms with Crippen molar-refractivity contribution in [3.05, 3.63) is 149 Å². The van der Waals surface area contributed by atoms with Gasteiger partial charge in [-0.25, -0.2) is 0 Å². The van der Waals surface area contributed by atoms with E-state index in [9.17, 15) is 5.11 Å². The first-order valence-corrected chi connectivity index (χ1v) is 12.2. The van der Waals surface area contributed by atoms with E-state index in [-0.39, 0.29) is 0 Å². The van der Waals surface area contributed by atoms with Gasteiger partial charge in [0.2, 0.25) is 0 Å². The molecular formula is C33H29ClO2. The van der Waals surface area contributed by atoms with Gasteiger partial charge in [0, 0.05) is 27.1 Å². The summed E-state index contributed by atoms with van der Waals surface area (Å²) < 4.78 is 6.35. The Morgan fingerprint density at radius 1 is 0.972 bits per heavy atom. The summed E-state index contributed by atoms with van der Waals surface area (Å²) in [5.74, 6) is 0.771. The Labute approximate surface area is 217 Å². The highest BCUT2D eigenvalue weighted by Gasteiger charge is 2.37. The van der Waals surface area contributed by atoms with Gasteiger partial charge in [-0.15, -0.1) is 0 Å². The second-order valence-electron chi connectivity index (χ2n) is 8.49. The number of hydrogen-bond donors (Lipinski definition) is 1. The lowest BCUT2D eigenvalue weighted by molar-refractivity contribution is 0.125. The summed E-state index contributed by atoms with van der Waals surface area (Å²) in [7, 11) is 0. The number of aryl methyl sites for hydroxylation is 1. The number of furan rings is 1. The third-order valence-electron chi connectivity index (χ3n) is 6.30. The summed E-state index contributed by atoms with van der Waals surface area (Å²) in [6, 6.07) is 21.3. The van der Waals surface area contributed by atoms with Crippen LogP contribution >= 0.6 is 11.6 Å². The van der Waals surface area contributed by atoms with Crippen molar-refractivity contribution in [1.29, 1.82) is 0 Å². The Balaban J connectivity index is 2.09. The Morgan fingerprint density at radius 3 is 2.44 bits per heavy atom. The van der Waals surface area contributed by atoms with Crippen LogP contribution in [0, 0.1) is 6.92 Å². The highest BCUT2D eigenvalue weighted by atomic mass is 35.5. The van der Waals surface area contributed by atoms with E-state index in [0.29, 0.717) is 16.2 Å². The smallest absolute Gasteiger partial charge is 0.142 e. The van der Waals surface area contributed by atoms with Crippen LogP contribution in [-0.2, 0) is 5.60 Å². The van der Waals surface area contributed by atoms with Crippen molar-refractivity contribution in [2.75, 3.05) is 0 Å². The van der Waals surface area contributed by atoms with Crippen LogP contribution < -0.4 is 0 Å². The lowest BCUT2D eigenvalue weighted by Gasteiger charge is -2.33. The van der Waals surface area contributed by atoms with E-state index < -0.39 is 5.60 Å². The van der Waals surface area contributed by atoms with Gasteiger partial charge in [-0.3, -0.25) is 0 Å². The zero-order valence-electron chi connectivity index (χ0n) is 20.5. The Bertz CT molecular complexity index is 1500. The summed E-state index contributed by atoms with van der Waals surface area (Å²) >= 11 is 6.55. The van der Waals surface area contributed by atoms with Crippen LogP contribution in [0.2, 0.25) is 5.02 Å². The molecule has 0 fully saturated rings. The zero-order chi connectivity index (χ0) is 25.7. The second-order valence-corrected chi connectivity index (χ2v) is 8.93. The third-order valence-corrected chi connectivity index (χ3v) is 6.53. The number of rotatable bonds is 8. The first kappa shape index (κ1) is 25.2. The maximum Gasteiger partial charge on any atom is 0.142 e. The molecule has 1 heterocycles. The fourth-order valence-electron chi connectivity index (χ4n) is 4.60. The summed E-state index contributed by atoms with van der Waals surface area (Å²) in [5.41, 5.74) is 4.02. The van der Waals surface area contributed by atoms with Crippen LogP contribution in [0.15, 0.2) is 126 Å². The Morgan fingerprint density at radius 2 is 1.75 bits per heavy atom. The van der Waals surface area contributed by atoms with Gasteiger partial charge in [-0.2, -0.15) is 0 Å². The van der Waals surface area contributed by atoms with E-state index in [4.69, 9.17) is 16.0 Å². The van der Waals surface area contributed by atoms with Gasteiger partial charge in [0.15, 0.2) is 0 Å². The maximum absolute atomic E-state index is 12.6. The second kappa shape index (κ2) is 10.8. The summed E-state index contributed by atoms with van der Waals surface area (Å²) in [4.78, 5) is 0. The maximum atomic E-state index is 12.6. The molecule has 180 valence electrons. The van der Waals surface area contributed by atoms with Crippen LogP contribution in [0.3, 0.4) is 0 Å². The molecule has 0 spiro atoms. The standard InChI is InChI=1S/C33H29ClO2/c1-5-8-19-31-23(4)27-17-12-18-29(32(27)36-31)28-21-20-26(34)22-30(28)33(35,24(13-6-2)14-7-3)25-15-10-9-11-16-25/h5-22,35H,1-2H2,3-4H3/b14-7-,19-8-,24-13+. The Hall–Kier alpha value is -3.85. The minimum atomic E-state index is -1.50. The lowest BCUT2D eigenvalue weighted by atomic mass is 9.76. The minimum Gasteiger partial charge on any atom is -0.456 e. The molecule has 0 bridgehead atoms. The van der Waals surface area contributed by atoms with Gasteiger partial charge in [0.25, 0.3) is 0 Å². The van der Waals surface area contributed by atoms with Crippen LogP contribution in [0.25, 0.3) is 28.2 Å². The van der Waals surface area contributed by atoms with Gasteiger partial charge < -0.3 is 9.52 Å². The fourth-order valence-corrected chi connectivity index (χ4v) is 4.77. The van der Waals surface area contributed by atoms with Gasteiger partial charge in [-0.05, 0) is 48.8 Å². The van der Waals surface area contributed by atoms with Gasteiger partial charge >= 0.3 is 0 Å². The van der Waals surface area contributed by atoms with Crippen molar-refractivity contribution in [3.8, 4) is 11.1 Å². The van der Waals surface area contributed by atoms with E-state index in [1.165, 1.54) is 0 Å². The quantitative estimate of drug-likeness (QED) is 0.249. The average molecular weight is 493 g/mol. The summed E-state index contributed by atoms with van der Waals surface area (Å²) in [6.07, 6.45) is 12.8. The van der Waals surface area contributed by atoms with Crippen molar-refractivity contribution in [2.45, 2.75) is 19.4 Å². The lowest BCUT2D eigenvalue weighted by Crippen LogP contribution is -2.30. The van der Waals surface area contributed by atoms with E-state index in [1.54, 1.807) is 12.2 Å². The molecule has 0 aliphatic carbocycles. The first-order chi connectivity index (χ1) is 17.4. The molecule has 0 saturated carbocycles. The molecule has 0 aliphatic heterocycles. The van der Waals surface area contributed by atoms with Crippen molar-refractivity contribution < 1.29 is 9.52 Å². The molecule has 0 saturated heterocycles. The molecule has 3 heteroatoms. The fraction of sp³-hybridized carbons (Fsp3) is 0.0909.